The van der Waals surface area contributed by atoms with E-state index in [-0.39, 0.29) is 5.41 Å². The normalized spacial score (nSPS) is 10.4. The van der Waals surface area contributed by atoms with Crippen molar-refractivity contribution in [3.63, 3.8) is 0 Å². The van der Waals surface area contributed by atoms with Crippen molar-refractivity contribution >= 4 is 10.9 Å². The van der Waals surface area contributed by atoms with E-state index in [4.69, 9.17) is 5.26 Å². The highest BCUT2D eigenvalue weighted by atomic mass is 15.1. The van der Waals surface area contributed by atoms with E-state index in [1.54, 1.807) is 0 Å². The molecule has 0 atom stereocenters. The van der Waals surface area contributed by atoms with Crippen molar-refractivity contribution in [1.29, 1.82) is 5.26 Å². The molecule has 0 N–H and O–H groups in total. The van der Waals surface area contributed by atoms with Gasteiger partial charge >= 0.3 is 0 Å². The Morgan fingerprint density at radius 1 is 1.06 bits per heavy atom. The van der Waals surface area contributed by atoms with Crippen LogP contribution in [0, 0.1) is 11.3 Å². The summed E-state index contributed by atoms with van der Waals surface area (Å²) in [6, 6.07) is 9.91. The maximum atomic E-state index is 9.09. The monoisotopic (exact) mass is 241 g/mol. The van der Waals surface area contributed by atoms with Crippen LogP contribution in [0.4, 0.5) is 0 Å². The van der Waals surface area contributed by atoms with E-state index in [2.05, 4.69) is 37.0 Å². The summed E-state index contributed by atoms with van der Waals surface area (Å²) in [7, 11) is 0. The van der Waals surface area contributed by atoms with Gasteiger partial charge in [-0.25, -0.2) is 0 Å². The minimum Gasteiger partial charge on any atom is -0.191 e. The third-order valence-corrected chi connectivity index (χ3v) is 2.52. The SMILES string of the molecule is CC.CC(C)(C)c1c(C#N)nnc2ccccc12. The second-order valence-electron chi connectivity index (χ2n) is 4.80. The summed E-state index contributed by atoms with van der Waals surface area (Å²) in [4.78, 5) is 0. The zero-order chi connectivity index (χ0) is 13.8. The topological polar surface area (TPSA) is 49.6 Å². The first-order valence-electron chi connectivity index (χ1n) is 6.20. The van der Waals surface area contributed by atoms with Gasteiger partial charge in [-0.1, -0.05) is 52.8 Å². The van der Waals surface area contributed by atoms with Crippen molar-refractivity contribution in [2.75, 3.05) is 0 Å². The van der Waals surface area contributed by atoms with Gasteiger partial charge in [0.2, 0.25) is 0 Å². The summed E-state index contributed by atoms with van der Waals surface area (Å²) < 4.78 is 0. The van der Waals surface area contributed by atoms with E-state index >= 15 is 0 Å². The fourth-order valence-electron chi connectivity index (χ4n) is 1.89. The Labute approximate surface area is 108 Å². The highest BCUT2D eigenvalue weighted by Crippen LogP contribution is 2.30. The molecule has 0 aliphatic heterocycles. The van der Waals surface area contributed by atoms with Crippen molar-refractivity contribution < 1.29 is 0 Å². The van der Waals surface area contributed by atoms with Crippen molar-refractivity contribution in [3.05, 3.63) is 35.5 Å². The quantitative estimate of drug-likeness (QED) is 0.704. The van der Waals surface area contributed by atoms with Crippen molar-refractivity contribution in [2.45, 2.75) is 40.0 Å². The van der Waals surface area contributed by atoms with Gasteiger partial charge in [-0.3, -0.25) is 0 Å². The van der Waals surface area contributed by atoms with E-state index in [0.717, 1.165) is 16.5 Å². The van der Waals surface area contributed by atoms with Crippen LogP contribution in [0.15, 0.2) is 24.3 Å². The van der Waals surface area contributed by atoms with Crippen LogP contribution in [0.3, 0.4) is 0 Å². The molecule has 3 nitrogen and oxygen atoms in total. The summed E-state index contributed by atoms with van der Waals surface area (Å²) in [5.41, 5.74) is 2.12. The number of rotatable bonds is 0. The van der Waals surface area contributed by atoms with Gasteiger partial charge in [0.1, 0.15) is 6.07 Å². The van der Waals surface area contributed by atoms with Crippen molar-refractivity contribution in [2.24, 2.45) is 0 Å². The minimum atomic E-state index is -0.111. The molecule has 1 aromatic carbocycles. The number of nitriles is 1. The lowest BCUT2D eigenvalue weighted by atomic mass is 9.83. The lowest BCUT2D eigenvalue weighted by Gasteiger charge is -2.21. The van der Waals surface area contributed by atoms with Gasteiger partial charge in [0, 0.05) is 10.9 Å². The summed E-state index contributed by atoms with van der Waals surface area (Å²) in [6.45, 7) is 10.2. The smallest absolute Gasteiger partial charge is 0.167 e. The predicted octanol–water partition coefficient (Wildman–Crippen LogP) is 3.83. The molecule has 0 fully saturated rings. The number of hydrogen-bond donors (Lipinski definition) is 0. The van der Waals surface area contributed by atoms with Crippen LogP contribution in [0.25, 0.3) is 10.9 Å². The lowest BCUT2D eigenvalue weighted by molar-refractivity contribution is 0.589. The Balaban J connectivity index is 0.000000771. The van der Waals surface area contributed by atoms with Gasteiger partial charge in [-0.2, -0.15) is 5.26 Å². The number of nitrogens with zero attached hydrogens (tertiary/aromatic N) is 3. The Bertz CT molecular complexity index is 574. The summed E-state index contributed by atoms with van der Waals surface area (Å²) in [5.74, 6) is 0. The van der Waals surface area contributed by atoms with Gasteiger partial charge in [0.05, 0.1) is 5.52 Å². The molecule has 1 aromatic heterocycles. The highest BCUT2D eigenvalue weighted by Gasteiger charge is 2.22. The molecular weight excluding hydrogens is 222 g/mol. The largest absolute Gasteiger partial charge is 0.191 e. The second kappa shape index (κ2) is 5.59. The molecule has 1 heterocycles. The van der Waals surface area contributed by atoms with Gasteiger partial charge in [-0.15, -0.1) is 10.2 Å². The molecule has 0 amide bonds. The zero-order valence-corrected chi connectivity index (χ0v) is 11.7. The molecule has 2 aromatic rings. The van der Waals surface area contributed by atoms with Crippen LogP contribution in [0.1, 0.15) is 45.9 Å². The molecule has 0 spiro atoms. The molecule has 0 radical (unpaired) electrons. The highest BCUT2D eigenvalue weighted by molar-refractivity contribution is 5.83. The first-order valence-corrected chi connectivity index (χ1v) is 6.20. The third kappa shape index (κ3) is 2.65. The molecular formula is C15H19N3. The number of benzene rings is 1. The summed E-state index contributed by atoms with van der Waals surface area (Å²) in [5, 5.41) is 18.1. The maximum Gasteiger partial charge on any atom is 0.167 e. The second-order valence-corrected chi connectivity index (χ2v) is 4.80. The molecule has 18 heavy (non-hydrogen) atoms. The van der Waals surface area contributed by atoms with Crippen LogP contribution in [0.2, 0.25) is 0 Å². The Kier molecular flexibility index (Phi) is 4.38. The Morgan fingerprint density at radius 2 is 1.67 bits per heavy atom. The van der Waals surface area contributed by atoms with E-state index in [9.17, 15) is 0 Å². The maximum absolute atomic E-state index is 9.09. The lowest BCUT2D eigenvalue weighted by Crippen LogP contribution is -2.15. The average Bonchev–Trinajstić information content (AvgIpc) is 2.38. The molecule has 0 aliphatic rings. The standard InChI is InChI=1S/C13H13N3.C2H6/c1-13(2,3)12-9-6-4-5-7-10(9)15-16-11(12)8-14;1-2/h4-7H,1-3H3;1-2H3. The first kappa shape index (κ1) is 14.1. The fraction of sp³-hybridized carbons (Fsp3) is 0.400. The van der Waals surface area contributed by atoms with Crippen LogP contribution in [0.5, 0.6) is 0 Å². The van der Waals surface area contributed by atoms with Crippen molar-refractivity contribution in [3.8, 4) is 6.07 Å². The summed E-state index contributed by atoms with van der Waals surface area (Å²) >= 11 is 0. The van der Waals surface area contributed by atoms with Gasteiger partial charge in [0.15, 0.2) is 5.69 Å². The van der Waals surface area contributed by atoms with Crippen LogP contribution in [-0.4, -0.2) is 10.2 Å². The summed E-state index contributed by atoms with van der Waals surface area (Å²) in [6.07, 6.45) is 0. The Hall–Kier alpha value is -1.95. The number of fused-ring (bicyclic) bond motifs is 1. The molecule has 0 unspecified atom stereocenters. The van der Waals surface area contributed by atoms with E-state index in [0.29, 0.717) is 5.69 Å². The van der Waals surface area contributed by atoms with E-state index in [1.807, 2.05) is 38.1 Å². The van der Waals surface area contributed by atoms with E-state index < -0.39 is 0 Å². The number of hydrogen-bond acceptors (Lipinski definition) is 3. The Morgan fingerprint density at radius 3 is 2.22 bits per heavy atom. The molecule has 0 saturated heterocycles. The average molecular weight is 241 g/mol. The molecule has 94 valence electrons. The van der Waals surface area contributed by atoms with Gasteiger partial charge in [-0.05, 0) is 11.5 Å². The van der Waals surface area contributed by atoms with Crippen molar-refractivity contribution in [1.82, 2.24) is 10.2 Å². The zero-order valence-electron chi connectivity index (χ0n) is 11.7. The molecule has 0 saturated carbocycles. The van der Waals surface area contributed by atoms with Gasteiger partial charge in [0.25, 0.3) is 0 Å². The van der Waals surface area contributed by atoms with E-state index in [1.165, 1.54) is 0 Å². The molecule has 0 aliphatic carbocycles. The minimum absolute atomic E-state index is 0.111. The van der Waals surface area contributed by atoms with Crippen LogP contribution < -0.4 is 0 Å². The fourth-order valence-corrected chi connectivity index (χ4v) is 1.89. The molecule has 3 heteroatoms. The molecule has 0 bridgehead atoms. The van der Waals surface area contributed by atoms with Gasteiger partial charge < -0.3 is 0 Å². The predicted molar refractivity (Wildman–Crippen MR) is 74.3 cm³/mol. The molecule has 2 rings (SSSR count). The number of aromatic nitrogens is 2. The first-order chi connectivity index (χ1) is 8.54. The third-order valence-electron chi connectivity index (χ3n) is 2.52. The van der Waals surface area contributed by atoms with Crippen LogP contribution >= 0.6 is 0 Å². The van der Waals surface area contributed by atoms with Crippen LogP contribution in [-0.2, 0) is 5.41 Å².